The molecule has 13 heavy (non-hydrogen) atoms. The van der Waals surface area contributed by atoms with Gasteiger partial charge in [0, 0.05) is 25.7 Å². The van der Waals surface area contributed by atoms with Crippen molar-refractivity contribution < 1.29 is 9.53 Å². The average molecular weight is 183 g/mol. The second-order valence-corrected chi connectivity index (χ2v) is 4.07. The van der Waals surface area contributed by atoms with E-state index in [1.165, 1.54) is 0 Å². The molecule has 2 aliphatic rings. The van der Waals surface area contributed by atoms with Gasteiger partial charge < -0.3 is 10.1 Å². The lowest BCUT2D eigenvalue weighted by atomic mass is 9.88. The lowest BCUT2D eigenvalue weighted by molar-refractivity contribution is -0.123. The fourth-order valence-corrected chi connectivity index (χ4v) is 2.25. The Bertz CT molecular complexity index is 187. The summed E-state index contributed by atoms with van der Waals surface area (Å²) in [7, 11) is 0. The summed E-state index contributed by atoms with van der Waals surface area (Å²) >= 11 is 0. The van der Waals surface area contributed by atoms with Gasteiger partial charge in [0.1, 0.15) is 0 Å². The van der Waals surface area contributed by atoms with Gasteiger partial charge >= 0.3 is 0 Å². The highest BCUT2D eigenvalue weighted by Gasteiger charge is 2.27. The number of hydrogen-bond acceptors (Lipinski definition) is 2. The predicted molar refractivity (Wildman–Crippen MR) is 49.3 cm³/mol. The summed E-state index contributed by atoms with van der Waals surface area (Å²) in [6.45, 7) is 2.66. The number of ether oxygens (including phenoxy) is 1. The summed E-state index contributed by atoms with van der Waals surface area (Å²) in [4.78, 5) is 11.3. The Hall–Kier alpha value is -0.570. The Morgan fingerprint density at radius 2 is 2.08 bits per heavy atom. The van der Waals surface area contributed by atoms with Crippen LogP contribution in [-0.2, 0) is 9.53 Å². The molecule has 2 heterocycles. The molecule has 0 aromatic carbocycles. The molecular formula is C10H17NO2. The molecule has 0 radical (unpaired) electrons. The summed E-state index contributed by atoms with van der Waals surface area (Å²) in [5.74, 6) is 1.29. The first-order chi connectivity index (χ1) is 6.36. The van der Waals surface area contributed by atoms with Crippen LogP contribution in [0.25, 0.3) is 0 Å². The molecule has 2 saturated heterocycles. The van der Waals surface area contributed by atoms with Crippen molar-refractivity contribution >= 4 is 5.91 Å². The minimum atomic E-state index is 0.270. The molecule has 0 saturated carbocycles. The molecule has 0 aromatic heterocycles. The molecule has 1 atom stereocenters. The van der Waals surface area contributed by atoms with E-state index in [-0.39, 0.29) is 5.91 Å². The number of amides is 1. The normalized spacial score (nSPS) is 30.5. The van der Waals surface area contributed by atoms with Crippen molar-refractivity contribution in [2.75, 3.05) is 19.8 Å². The molecule has 74 valence electrons. The summed E-state index contributed by atoms with van der Waals surface area (Å²) < 4.78 is 5.29. The first-order valence-corrected chi connectivity index (χ1v) is 5.21. The average Bonchev–Trinajstić information content (AvgIpc) is 2.54. The SMILES string of the molecule is O=C1NCCC1CC1CCOCC1. The van der Waals surface area contributed by atoms with Crippen LogP contribution in [0.4, 0.5) is 0 Å². The number of carbonyl (C=O) groups is 1. The second kappa shape index (κ2) is 4.09. The number of carbonyl (C=O) groups excluding carboxylic acids is 1. The van der Waals surface area contributed by atoms with E-state index in [0.29, 0.717) is 5.92 Å². The van der Waals surface area contributed by atoms with Crippen LogP contribution in [0.15, 0.2) is 0 Å². The molecule has 1 N–H and O–H groups in total. The summed E-state index contributed by atoms with van der Waals surface area (Å²) in [5, 5.41) is 2.89. The highest BCUT2D eigenvalue weighted by molar-refractivity contribution is 5.80. The maximum atomic E-state index is 11.3. The number of nitrogens with one attached hydrogen (secondary N) is 1. The third-order valence-electron chi connectivity index (χ3n) is 3.12. The lowest BCUT2D eigenvalue weighted by Crippen LogP contribution is -2.23. The Morgan fingerprint density at radius 3 is 2.69 bits per heavy atom. The van der Waals surface area contributed by atoms with Gasteiger partial charge in [-0.3, -0.25) is 4.79 Å². The van der Waals surface area contributed by atoms with Crippen molar-refractivity contribution in [2.24, 2.45) is 11.8 Å². The topological polar surface area (TPSA) is 38.3 Å². The van der Waals surface area contributed by atoms with Gasteiger partial charge in [-0.15, -0.1) is 0 Å². The van der Waals surface area contributed by atoms with Crippen molar-refractivity contribution in [3.05, 3.63) is 0 Å². The smallest absolute Gasteiger partial charge is 0.223 e. The van der Waals surface area contributed by atoms with E-state index in [4.69, 9.17) is 4.74 Å². The van der Waals surface area contributed by atoms with Crippen LogP contribution in [0, 0.1) is 11.8 Å². The van der Waals surface area contributed by atoms with Gasteiger partial charge in [0.2, 0.25) is 5.91 Å². The standard InChI is InChI=1S/C10H17NO2/c12-10-9(1-4-11-10)7-8-2-5-13-6-3-8/h8-9H,1-7H2,(H,11,12). The zero-order chi connectivity index (χ0) is 9.10. The molecular weight excluding hydrogens is 166 g/mol. The van der Waals surface area contributed by atoms with Crippen molar-refractivity contribution in [3.63, 3.8) is 0 Å². The van der Waals surface area contributed by atoms with Crippen LogP contribution in [0.3, 0.4) is 0 Å². The first kappa shape index (κ1) is 9.00. The predicted octanol–water partition coefficient (Wildman–Crippen LogP) is 0.939. The minimum absolute atomic E-state index is 0.270. The van der Waals surface area contributed by atoms with Crippen LogP contribution in [0.5, 0.6) is 0 Å². The van der Waals surface area contributed by atoms with Crippen molar-refractivity contribution in [1.29, 1.82) is 0 Å². The Morgan fingerprint density at radius 1 is 1.31 bits per heavy atom. The van der Waals surface area contributed by atoms with Crippen LogP contribution >= 0.6 is 0 Å². The summed E-state index contributed by atoms with van der Waals surface area (Å²) in [6, 6.07) is 0. The molecule has 0 bridgehead atoms. The van der Waals surface area contributed by atoms with E-state index in [2.05, 4.69) is 5.32 Å². The summed E-state index contributed by atoms with van der Waals surface area (Å²) in [6.07, 6.45) is 4.40. The highest BCUT2D eigenvalue weighted by atomic mass is 16.5. The molecule has 0 aliphatic carbocycles. The van der Waals surface area contributed by atoms with Crippen molar-refractivity contribution in [2.45, 2.75) is 25.7 Å². The van der Waals surface area contributed by atoms with E-state index < -0.39 is 0 Å². The molecule has 3 nitrogen and oxygen atoms in total. The van der Waals surface area contributed by atoms with Crippen molar-refractivity contribution in [3.8, 4) is 0 Å². The van der Waals surface area contributed by atoms with Gasteiger partial charge in [0.25, 0.3) is 0 Å². The van der Waals surface area contributed by atoms with Gasteiger partial charge in [0.05, 0.1) is 0 Å². The monoisotopic (exact) mass is 183 g/mol. The van der Waals surface area contributed by atoms with Gasteiger partial charge in [-0.05, 0) is 31.6 Å². The van der Waals surface area contributed by atoms with Gasteiger partial charge in [-0.1, -0.05) is 0 Å². The number of hydrogen-bond donors (Lipinski definition) is 1. The quantitative estimate of drug-likeness (QED) is 0.692. The maximum absolute atomic E-state index is 11.3. The zero-order valence-electron chi connectivity index (χ0n) is 7.92. The summed E-state index contributed by atoms with van der Waals surface area (Å²) in [5.41, 5.74) is 0. The minimum Gasteiger partial charge on any atom is -0.381 e. The fourth-order valence-electron chi connectivity index (χ4n) is 2.25. The van der Waals surface area contributed by atoms with E-state index >= 15 is 0 Å². The lowest BCUT2D eigenvalue weighted by Gasteiger charge is -2.23. The van der Waals surface area contributed by atoms with E-state index in [1.54, 1.807) is 0 Å². The molecule has 2 rings (SSSR count). The van der Waals surface area contributed by atoms with Crippen LogP contribution in [0.2, 0.25) is 0 Å². The van der Waals surface area contributed by atoms with E-state index in [1.807, 2.05) is 0 Å². The zero-order valence-corrected chi connectivity index (χ0v) is 7.92. The second-order valence-electron chi connectivity index (χ2n) is 4.07. The molecule has 1 amide bonds. The van der Waals surface area contributed by atoms with Crippen LogP contribution in [0.1, 0.15) is 25.7 Å². The van der Waals surface area contributed by atoms with Gasteiger partial charge in [0.15, 0.2) is 0 Å². The molecule has 2 aliphatic heterocycles. The number of rotatable bonds is 2. The van der Waals surface area contributed by atoms with Gasteiger partial charge in [-0.2, -0.15) is 0 Å². The molecule has 0 aromatic rings. The third-order valence-corrected chi connectivity index (χ3v) is 3.12. The molecule has 3 heteroatoms. The van der Waals surface area contributed by atoms with Crippen LogP contribution in [-0.4, -0.2) is 25.7 Å². The van der Waals surface area contributed by atoms with E-state index in [0.717, 1.165) is 51.4 Å². The Kier molecular flexibility index (Phi) is 2.83. The molecule has 2 fully saturated rings. The molecule has 1 unspecified atom stereocenters. The Labute approximate surface area is 78.8 Å². The van der Waals surface area contributed by atoms with Crippen molar-refractivity contribution in [1.82, 2.24) is 5.32 Å². The highest BCUT2D eigenvalue weighted by Crippen LogP contribution is 2.26. The first-order valence-electron chi connectivity index (χ1n) is 5.21. The van der Waals surface area contributed by atoms with Crippen LogP contribution < -0.4 is 5.32 Å². The maximum Gasteiger partial charge on any atom is 0.223 e. The van der Waals surface area contributed by atoms with E-state index in [9.17, 15) is 4.79 Å². The van der Waals surface area contributed by atoms with Gasteiger partial charge in [-0.25, -0.2) is 0 Å². The third kappa shape index (κ3) is 2.21. The molecule has 0 spiro atoms. The Balaban J connectivity index is 1.79. The fraction of sp³-hybridized carbons (Fsp3) is 0.900. The largest absolute Gasteiger partial charge is 0.381 e.